The molecule has 0 spiro atoms. The molecule has 29 heavy (non-hydrogen) atoms. The van der Waals surface area contributed by atoms with Crippen molar-refractivity contribution in [1.29, 1.82) is 10.7 Å². The van der Waals surface area contributed by atoms with Crippen LogP contribution >= 0.6 is 0 Å². The quantitative estimate of drug-likeness (QED) is 0.437. The summed E-state index contributed by atoms with van der Waals surface area (Å²) >= 11 is 0. The van der Waals surface area contributed by atoms with Gasteiger partial charge >= 0.3 is 0 Å². The lowest BCUT2D eigenvalue weighted by atomic mass is 9.97. The number of nitrogens with two attached hydrogens (primary N) is 1. The number of amidine groups is 1. The monoisotopic (exact) mass is 393 g/mol. The summed E-state index contributed by atoms with van der Waals surface area (Å²) in [6, 6.07) is 5.61. The van der Waals surface area contributed by atoms with E-state index < -0.39 is 0 Å². The Bertz CT molecular complexity index is 952. The molecule has 2 aliphatic heterocycles. The molecule has 3 atom stereocenters. The maximum Gasteiger partial charge on any atom is 0.154 e. The lowest BCUT2D eigenvalue weighted by Crippen LogP contribution is -2.47. The molecule has 0 aromatic carbocycles. The van der Waals surface area contributed by atoms with E-state index in [9.17, 15) is 0 Å². The summed E-state index contributed by atoms with van der Waals surface area (Å²) in [5, 5.41) is 27.9. The highest BCUT2D eigenvalue weighted by atomic mass is 15.3. The zero-order valence-corrected chi connectivity index (χ0v) is 16.6. The topological polar surface area (TPSA) is 131 Å². The Labute approximate surface area is 170 Å². The molecule has 0 unspecified atom stereocenters. The van der Waals surface area contributed by atoms with Crippen molar-refractivity contribution in [2.75, 3.05) is 17.2 Å². The van der Waals surface area contributed by atoms with Crippen LogP contribution in [0.2, 0.25) is 0 Å². The van der Waals surface area contributed by atoms with Gasteiger partial charge < -0.3 is 16.4 Å². The number of aromatic nitrogens is 3. The molecule has 2 bridgehead atoms. The molecule has 4 heterocycles. The Kier molecular flexibility index (Phi) is 5.36. The van der Waals surface area contributed by atoms with Gasteiger partial charge in [0, 0.05) is 36.8 Å². The summed E-state index contributed by atoms with van der Waals surface area (Å²) in [6.07, 6.45) is 10.2. The molecule has 0 saturated carbocycles. The molecule has 2 saturated heterocycles. The van der Waals surface area contributed by atoms with Crippen LogP contribution in [0.25, 0.3) is 5.52 Å². The second-order valence-electron chi connectivity index (χ2n) is 7.91. The average Bonchev–Trinajstić information content (AvgIpc) is 3.21. The standard InChI is InChI=1S/C20H27N9/c1-13(22)9-18(23)26-19-12-29-17(5-7-24-29)20(27-19)25-14-10-15-3-4-16(11-14)28(15)8-2-6-21/h5,7,9,12,14-16H,2-4,8,10-11,22H2,1H3,(H2,23,26)(H,25,27)/b13-9-/t14-,15-,16+. The van der Waals surface area contributed by atoms with E-state index in [1.54, 1.807) is 29.9 Å². The van der Waals surface area contributed by atoms with Gasteiger partial charge in [-0.1, -0.05) is 0 Å². The fourth-order valence-electron chi connectivity index (χ4n) is 4.62. The van der Waals surface area contributed by atoms with E-state index in [4.69, 9.17) is 21.4 Å². The van der Waals surface area contributed by atoms with E-state index in [1.807, 2.05) is 6.07 Å². The summed E-state index contributed by atoms with van der Waals surface area (Å²) in [5.74, 6) is 1.49. The van der Waals surface area contributed by atoms with Crippen molar-refractivity contribution in [2.45, 2.75) is 57.2 Å². The third kappa shape index (κ3) is 4.17. The number of rotatable bonds is 6. The van der Waals surface area contributed by atoms with Gasteiger partial charge in [-0.05, 0) is 44.7 Å². The van der Waals surface area contributed by atoms with Crippen molar-refractivity contribution in [1.82, 2.24) is 19.5 Å². The molecule has 2 aliphatic rings. The first-order valence-corrected chi connectivity index (χ1v) is 10.1. The molecular weight excluding hydrogens is 366 g/mol. The second kappa shape index (κ2) is 8.09. The highest BCUT2D eigenvalue weighted by Gasteiger charge is 2.40. The van der Waals surface area contributed by atoms with Gasteiger partial charge in [0.2, 0.25) is 0 Å². The Hall–Kier alpha value is -3.12. The minimum Gasteiger partial charge on any atom is -0.402 e. The first-order chi connectivity index (χ1) is 14.0. The summed E-state index contributed by atoms with van der Waals surface area (Å²) in [6.45, 7) is 2.61. The summed E-state index contributed by atoms with van der Waals surface area (Å²) < 4.78 is 1.76. The number of piperidine rings is 1. The first kappa shape index (κ1) is 19.2. The van der Waals surface area contributed by atoms with Crippen molar-refractivity contribution in [3.8, 4) is 6.07 Å². The molecule has 4 rings (SSSR count). The van der Waals surface area contributed by atoms with E-state index in [1.165, 1.54) is 12.8 Å². The zero-order valence-electron chi connectivity index (χ0n) is 16.6. The van der Waals surface area contributed by atoms with Gasteiger partial charge in [0.15, 0.2) is 11.6 Å². The third-order valence-electron chi connectivity index (χ3n) is 5.73. The maximum absolute atomic E-state index is 8.92. The number of fused-ring (bicyclic) bond motifs is 3. The lowest BCUT2D eigenvalue weighted by Gasteiger charge is -2.39. The van der Waals surface area contributed by atoms with E-state index in [0.717, 1.165) is 30.7 Å². The molecular formula is C20H27N9. The van der Waals surface area contributed by atoms with E-state index in [-0.39, 0.29) is 5.84 Å². The number of hydrogen-bond donors (Lipinski definition) is 4. The van der Waals surface area contributed by atoms with Crippen molar-refractivity contribution in [3.63, 3.8) is 0 Å². The number of nitrogens with zero attached hydrogens (tertiary/aromatic N) is 5. The Morgan fingerprint density at radius 2 is 2.17 bits per heavy atom. The van der Waals surface area contributed by atoms with Gasteiger partial charge in [-0.3, -0.25) is 10.3 Å². The minimum absolute atomic E-state index is 0.179. The van der Waals surface area contributed by atoms with Crippen LogP contribution in [-0.4, -0.2) is 50.0 Å². The fourth-order valence-corrected chi connectivity index (χ4v) is 4.62. The fraction of sp³-hybridized carbons (Fsp3) is 0.500. The van der Waals surface area contributed by atoms with Crippen LogP contribution in [0.1, 0.15) is 39.0 Å². The first-order valence-electron chi connectivity index (χ1n) is 10.1. The minimum atomic E-state index is 0.179. The van der Waals surface area contributed by atoms with E-state index in [2.05, 4.69) is 26.7 Å². The molecule has 0 radical (unpaired) electrons. The number of allylic oxidation sites excluding steroid dienone is 1. The van der Waals surface area contributed by atoms with Crippen LogP contribution in [0.4, 0.5) is 11.6 Å². The van der Waals surface area contributed by atoms with Crippen LogP contribution in [0, 0.1) is 16.7 Å². The van der Waals surface area contributed by atoms with Crippen LogP contribution in [0.15, 0.2) is 30.2 Å². The van der Waals surface area contributed by atoms with Gasteiger partial charge in [0.25, 0.3) is 0 Å². The Morgan fingerprint density at radius 1 is 1.41 bits per heavy atom. The van der Waals surface area contributed by atoms with Gasteiger partial charge in [-0.15, -0.1) is 0 Å². The molecule has 9 heteroatoms. The summed E-state index contributed by atoms with van der Waals surface area (Å²) in [7, 11) is 0. The van der Waals surface area contributed by atoms with Crippen molar-refractivity contribution < 1.29 is 0 Å². The summed E-state index contributed by atoms with van der Waals surface area (Å²) in [5.41, 5.74) is 7.12. The molecule has 9 nitrogen and oxygen atoms in total. The third-order valence-corrected chi connectivity index (χ3v) is 5.73. The van der Waals surface area contributed by atoms with Gasteiger partial charge in [-0.2, -0.15) is 10.4 Å². The Balaban J connectivity index is 1.51. The molecule has 2 aromatic heterocycles. The van der Waals surface area contributed by atoms with Crippen LogP contribution < -0.4 is 16.4 Å². The number of nitriles is 1. The molecule has 152 valence electrons. The molecule has 2 aromatic rings. The van der Waals surface area contributed by atoms with Gasteiger partial charge in [0.1, 0.15) is 11.4 Å². The maximum atomic E-state index is 8.92. The number of nitrogens with one attached hydrogen (secondary N) is 3. The van der Waals surface area contributed by atoms with Crippen molar-refractivity contribution in [2.24, 2.45) is 5.73 Å². The van der Waals surface area contributed by atoms with Crippen LogP contribution in [0.5, 0.6) is 0 Å². The SMILES string of the molecule is C/C(N)=C/C(=N)Nc1cn2nccc2c(N[C@@H]2C[C@H]3CC[C@@H](C2)N3CCC#N)n1. The highest BCUT2D eigenvalue weighted by molar-refractivity contribution is 6.01. The average molecular weight is 393 g/mol. The predicted octanol–water partition coefficient (Wildman–Crippen LogP) is 2.30. The highest BCUT2D eigenvalue weighted by Crippen LogP contribution is 2.37. The molecule has 0 amide bonds. The summed E-state index contributed by atoms with van der Waals surface area (Å²) in [4.78, 5) is 7.22. The molecule has 0 aliphatic carbocycles. The normalized spacial score (nSPS) is 24.4. The van der Waals surface area contributed by atoms with E-state index in [0.29, 0.717) is 36.1 Å². The van der Waals surface area contributed by atoms with E-state index >= 15 is 0 Å². The molecule has 5 N–H and O–H groups in total. The predicted molar refractivity (Wildman–Crippen MR) is 113 cm³/mol. The van der Waals surface area contributed by atoms with Gasteiger partial charge in [0.05, 0.1) is 18.5 Å². The zero-order chi connectivity index (χ0) is 20.4. The molecule has 2 fully saturated rings. The number of anilines is 2. The van der Waals surface area contributed by atoms with Gasteiger partial charge in [-0.25, -0.2) is 9.50 Å². The number of hydrogen-bond acceptors (Lipinski definition) is 7. The second-order valence-corrected chi connectivity index (χ2v) is 7.91. The lowest BCUT2D eigenvalue weighted by molar-refractivity contribution is 0.136. The smallest absolute Gasteiger partial charge is 0.154 e. The van der Waals surface area contributed by atoms with Crippen molar-refractivity contribution >= 4 is 23.0 Å². The van der Waals surface area contributed by atoms with Crippen LogP contribution in [0.3, 0.4) is 0 Å². The largest absolute Gasteiger partial charge is 0.402 e. The van der Waals surface area contributed by atoms with Crippen LogP contribution in [-0.2, 0) is 0 Å². The van der Waals surface area contributed by atoms with Crippen molar-refractivity contribution in [3.05, 3.63) is 30.2 Å². The Morgan fingerprint density at radius 3 is 2.86 bits per heavy atom.